The fraction of sp³-hybridized carbons (Fsp3) is 0.471. The molecule has 2 fully saturated rings. The molecule has 1 amide bonds. The summed E-state index contributed by atoms with van der Waals surface area (Å²) in [6.45, 7) is 5.58. The van der Waals surface area contributed by atoms with E-state index in [0.29, 0.717) is 56.6 Å². The van der Waals surface area contributed by atoms with Gasteiger partial charge in [0.05, 0.1) is 19.4 Å². The van der Waals surface area contributed by atoms with Crippen LogP contribution in [0.2, 0.25) is 0 Å². The van der Waals surface area contributed by atoms with Gasteiger partial charge in [-0.05, 0) is 90.7 Å². The highest BCUT2D eigenvalue weighted by Gasteiger charge is 2.59. The quantitative estimate of drug-likeness (QED) is 0.351. The number of amides is 1. The lowest BCUT2D eigenvalue weighted by Crippen LogP contribution is -2.44. The lowest BCUT2D eigenvalue weighted by Gasteiger charge is -2.50. The summed E-state index contributed by atoms with van der Waals surface area (Å²) in [5.41, 5.74) is 5.39. The van der Waals surface area contributed by atoms with Gasteiger partial charge in [0.25, 0.3) is 0 Å². The molecule has 3 aliphatic carbocycles. The topological polar surface area (TPSA) is 64.8 Å². The first-order valence-electron chi connectivity index (χ1n) is 14.9. The van der Waals surface area contributed by atoms with Crippen LogP contribution in [0.25, 0.3) is 0 Å². The van der Waals surface area contributed by atoms with Crippen molar-refractivity contribution in [2.45, 2.75) is 62.9 Å². The van der Waals surface area contributed by atoms with E-state index in [1.54, 1.807) is 6.08 Å². The van der Waals surface area contributed by atoms with Crippen LogP contribution in [-0.2, 0) is 28.0 Å². The fourth-order valence-electron chi connectivity index (χ4n) is 8.26. The first-order chi connectivity index (χ1) is 19.6. The summed E-state index contributed by atoms with van der Waals surface area (Å²) in [6.07, 6.45) is 11.2. The van der Waals surface area contributed by atoms with E-state index in [1.165, 1.54) is 28.7 Å². The summed E-state index contributed by atoms with van der Waals surface area (Å²) in [7, 11) is 0. The van der Waals surface area contributed by atoms with Crippen LogP contribution in [0.4, 0.5) is 0 Å². The van der Waals surface area contributed by atoms with Crippen molar-refractivity contribution in [3.8, 4) is 5.75 Å². The maximum atomic E-state index is 12.8. The van der Waals surface area contributed by atoms with Gasteiger partial charge in [-0.1, -0.05) is 54.6 Å². The Kier molecular flexibility index (Phi) is 6.74. The minimum absolute atomic E-state index is 0.00401. The van der Waals surface area contributed by atoms with E-state index in [2.05, 4.69) is 60.6 Å². The van der Waals surface area contributed by atoms with Crippen LogP contribution in [0.15, 0.2) is 71.4 Å². The van der Waals surface area contributed by atoms with Crippen LogP contribution >= 0.6 is 0 Å². The second-order valence-corrected chi connectivity index (χ2v) is 12.2. The van der Waals surface area contributed by atoms with E-state index in [0.717, 1.165) is 37.2 Å². The van der Waals surface area contributed by atoms with Crippen LogP contribution in [0, 0.1) is 11.8 Å². The summed E-state index contributed by atoms with van der Waals surface area (Å²) in [6, 6.07) is 17.1. The van der Waals surface area contributed by atoms with Crippen LogP contribution in [0.1, 0.15) is 72.5 Å². The molecule has 0 spiro atoms. The van der Waals surface area contributed by atoms with Gasteiger partial charge in [0.15, 0.2) is 0 Å². The van der Waals surface area contributed by atoms with Crippen molar-refractivity contribution >= 4 is 5.91 Å². The number of fused-ring (bicyclic) bond motifs is 7. The van der Waals surface area contributed by atoms with E-state index < -0.39 is 0 Å². The molecular weight excluding hydrogens is 500 g/mol. The molecule has 1 aromatic heterocycles. The molecule has 3 aromatic rings. The molecule has 6 nitrogen and oxygen atoms in total. The molecule has 6 heteroatoms. The van der Waals surface area contributed by atoms with Crippen molar-refractivity contribution in [1.82, 2.24) is 10.1 Å². The van der Waals surface area contributed by atoms with Gasteiger partial charge in [0, 0.05) is 24.1 Å². The number of rotatable bonds is 6. The first-order valence-corrected chi connectivity index (χ1v) is 14.9. The summed E-state index contributed by atoms with van der Waals surface area (Å²) >= 11 is 0. The number of benzene rings is 2. The Balaban J connectivity index is 1.10. The average Bonchev–Trinajstić information content (AvgIpc) is 3.58. The summed E-state index contributed by atoms with van der Waals surface area (Å²) in [5, 5.41) is 4.23. The third-order valence-corrected chi connectivity index (χ3v) is 10.1. The Bertz CT molecular complexity index is 1390. The molecular formula is C34H38N2O4. The highest BCUT2D eigenvalue weighted by molar-refractivity contribution is 5.87. The summed E-state index contributed by atoms with van der Waals surface area (Å²) < 4.78 is 17.5. The minimum Gasteiger partial charge on any atom is -0.489 e. The Hall–Kier alpha value is -3.38. The van der Waals surface area contributed by atoms with Crippen molar-refractivity contribution < 1.29 is 18.8 Å². The maximum absolute atomic E-state index is 12.8. The number of morpholine rings is 1. The Morgan fingerprint density at radius 2 is 1.98 bits per heavy atom. The van der Waals surface area contributed by atoms with Gasteiger partial charge in [-0.2, -0.15) is 0 Å². The Morgan fingerprint density at radius 3 is 2.83 bits per heavy atom. The number of ether oxygens (including phenoxy) is 2. The summed E-state index contributed by atoms with van der Waals surface area (Å²) in [4.78, 5) is 14.7. The van der Waals surface area contributed by atoms with Crippen LogP contribution in [-0.4, -0.2) is 42.3 Å². The van der Waals surface area contributed by atoms with Crippen molar-refractivity contribution in [3.63, 3.8) is 0 Å². The fourth-order valence-corrected chi connectivity index (χ4v) is 8.26. The normalized spacial score (nSPS) is 29.0. The van der Waals surface area contributed by atoms with Gasteiger partial charge in [-0.3, -0.25) is 4.79 Å². The molecule has 208 valence electrons. The monoisotopic (exact) mass is 538 g/mol. The van der Waals surface area contributed by atoms with Crippen LogP contribution in [0.5, 0.6) is 5.75 Å². The molecule has 1 aliphatic heterocycles. The van der Waals surface area contributed by atoms with E-state index in [4.69, 9.17) is 14.0 Å². The predicted molar refractivity (Wildman–Crippen MR) is 152 cm³/mol. The molecule has 2 aromatic carbocycles. The van der Waals surface area contributed by atoms with E-state index >= 15 is 0 Å². The second-order valence-electron chi connectivity index (χ2n) is 12.2. The molecule has 40 heavy (non-hydrogen) atoms. The first kappa shape index (κ1) is 25.6. The highest BCUT2D eigenvalue weighted by Crippen LogP contribution is 2.64. The number of hydrogen-bond acceptors (Lipinski definition) is 5. The zero-order chi connectivity index (χ0) is 27.1. The number of hydrogen-bond donors (Lipinski definition) is 0. The van der Waals surface area contributed by atoms with Gasteiger partial charge < -0.3 is 18.9 Å². The second kappa shape index (κ2) is 10.5. The van der Waals surface area contributed by atoms with E-state index in [-0.39, 0.29) is 11.3 Å². The number of aryl methyl sites for hydroxylation is 1. The third kappa shape index (κ3) is 4.46. The Labute approximate surface area is 236 Å². The lowest BCUT2D eigenvalue weighted by atomic mass is 9.53. The van der Waals surface area contributed by atoms with E-state index in [1.807, 2.05) is 17.2 Å². The largest absolute Gasteiger partial charge is 0.489 e. The molecule has 5 atom stereocenters. The van der Waals surface area contributed by atoms with Crippen molar-refractivity contribution in [3.05, 3.63) is 94.9 Å². The van der Waals surface area contributed by atoms with E-state index in [9.17, 15) is 4.79 Å². The molecule has 0 radical (unpaired) electrons. The molecule has 7 rings (SSSR count). The molecule has 1 saturated heterocycles. The molecule has 1 unspecified atom stereocenters. The van der Waals surface area contributed by atoms with Crippen LogP contribution in [0.3, 0.4) is 0 Å². The number of nitrogens with zero attached hydrogens (tertiary/aromatic N) is 2. The standard InChI is InChI=1S/C34H38N2O4/c1-34-15-14-27-26-13-11-25(39-22-23-6-3-2-4-7-23)20-24(26)10-12-29(27)32(34)28(30-21-35-40-33(30)34)8-5-9-31(37)36-16-18-38-19-17-36/h2-7,9,11,13,20-21,27-29,32H,8,10,12,14-19,22H2,1H3/b9-5+/t27-,28-,29-,32+,34?/m1/s1. The minimum atomic E-state index is -0.00401. The predicted octanol–water partition coefficient (Wildman–Crippen LogP) is 6.17. The SMILES string of the molecule is CC12CC[C@@H]3c4ccc(OCc5ccccc5)cc4CC[C@H]3[C@@H]1[C@H](C/C=C/C(=O)N1CCOCC1)c1cnoc12. The zero-order valence-electron chi connectivity index (χ0n) is 23.3. The Morgan fingerprint density at radius 1 is 1.12 bits per heavy atom. The summed E-state index contributed by atoms with van der Waals surface area (Å²) in [5.74, 6) is 4.07. The molecule has 4 aliphatic rings. The van der Waals surface area contributed by atoms with Crippen molar-refractivity contribution in [2.24, 2.45) is 11.8 Å². The number of carbonyl (C=O) groups is 1. The number of allylic oxidation sites excluding steroid dienone is 1. The van der Waals surface area contributed by atoms with Crippen molar-refractivity contribution in [1.29, 1.82) is 0 Å². The third-order valence-electron chi connectivity index (χ3n) is 10.1. The number of carbonyl (C=O) groups excluding carboxylic acids is 1. The maximum Gasteiger partial charge on any atom is 0.246 e. The van der Waals surface area contributed by atoms with Crippen LogP contribution < -0.4 is 4.74 Å². The van der Waals surface area contributed by atoms with Gasteiger partial charge in [-0.25, -0.2) is 0 Å². The smallest absolute Gasteiger partial charge is 0.246 e. The average molecular weight is 539 g/mol. The lowest BCUT2D eigenvalue weighted by molar-refractivity contribution is -0.130. The van der Waals surface area contributed by atoms with Gasteiger partial charge in [0.1, 0.15) is 18.1 Å². The van der Waals surface area contributed by atoms with Crippen molar-refractivity contribution in [2.75, 3.05) is 26.3 Å². The molecule has 2 heterocycles. The molecule has 0 N–H and O–H groups in total. The molecule has 1 saturated carbocycles. The van der Waals surface area contributed by atoms with Gasteiger partial charge in [0.2, 0.25) is 5.91 Å². The zero-order valence-corrected chi connectivity index (χ0v) is 23.3. The van der Waals surface area contributed by atoms with Gasteiger partial charge in [-0.15, -0.1) is 0 Å². The number of aromatic nitrogens is 1. The van der Waals surface area contributed by atoms with Gasteiger partial charge >= 0.3 is 0 Å². The highest BCUT2D eigenvalue weighted by atomic mass is 16.5. The molecule has 0 bridgehead atoms.